The maximum Gasteiger partial charge on any atom is 0.422 e. The molecule has 0 spiro atoms. The van der Waals surface area contributed by atoms with E-state index in [1.165, 1.54) is 28.6 Å². The van der Waals surface area contributed by atoms with E-state index in [9.17, 15) is 13.2 Å². The molecule has 0 aliphatic rings. The number of alkyl halides is 3. The fourth-order valence-corrected chi connectivity index (χ4v) is 3.92. The van der Waals surface area contributed by atoms with Gasteiger partial charge in [0.2, 0.25) is 5.88 Å². The molecule has 4 aromatic rings. The molecular formula is C26H22ClF3N2O. The van der Waals surface area contributed by atoms with E-state index in [1.54, 1.807) is 6.07 Å². The Bertz CT molecular complexity index is 1240. The van der Waals surface area contributed by atoms with Gasteiger partial charge in [0.1, 0.15) is 0 Å². The lowest BCUT2D eigenvalue weighted by molar-refractivity contribution is -0.154. The maximum absolute atomic E-state index is 12.3. The third-order valence-electron chi connectivity index (χ3n) is 5.36. The second kappa shape index (κ2) is 9.81. The first-order valence-electron chi connectivity index (χ1n) is 10.5. The summed E-state index contributed by atoms with van der Waals surface area (Å²) in [6.45, 7) is 1.37. The Labute approximate surface area is 195 Å². The molecule has 3 nitrogen and oxygen atoms in total. The number of fused-ring (bicyclic) bond motifs is 1. The van der Waals surface area contributed by atoms with Crippen LogP contribution in [0.5, 0.6) is 5.88 Å². The molecule has 0 radical (unpaired) electrons. The second-order valence-corrected chi connectivity index (χ2v) is 8.18. The number of nitrogens with zero attached hydrogens (tertiary/aromatic N) is 1. The fraction of sp³-hybridized carbons (Fsp3) is 0.192. The van der Waals surface area contributed by atoms with E-state index >= 15 is 0 Å². The fourth-order valence-electron chi connectivity index (χ4n) is 3.69. The van der Waals surface area contributed by atoms with Crippen molar-refractivity contribution in [3.8, 4) is 17.0 Å². The lowest BCUT2D eigenvalue weighted by atomic mass is 9.99. The summed E-state index contributed by atoms with van der Waals surface area (Å²) < 4.78 is 41.6. The maximum atomic E-state index is 12.3. The minimum atomic E-state index is -4.41. The average molecular weight is 471 g/mol. The zero-order valence-corrected chi connectivity index (χ0v) is 18.6. The van der Waals surface area contributed by atoms with Gasteiger partial charge in [-0.2, -0.15) is 13.2 Å². The van der Waals surface area contributed by atoms with Gasteiger partial charge < -0.3 is 10.1 Å². The number of hydrogen-bond acceptors (Lipinski definition) is 3. The van der Waals surface area contributed by atoms with E-state index in [2.05, 4.69) is 52.3 Å². The molecule has 1 unspecified atom stereocenters. The summed E-state index contributed by atoms with van der Waals surface area (Å²) >= 11 is 6.39. The number of ether oxygens (including phenoxy) is 1. The number of aromatic nitrogens is 1. The number of halogens is 4. The number of hydrogen-bond donors (Lipinski definition) is 1. The van der Waals surface area contributed by atoms with Crippen LogP contribution < -0.4 is 10.1 Å². The van der Waals surface area contributed by atoms with E-state index in [1.807, 2.05) is 30.3 Å². The lowest BCUT2D eigenvalue weighted by Gasteiger charge is -2.17. The molecule has 0 amide bonds. The third-order valence-corrected chi connectivity index (χ3v) is 5.69. The van der Waals surface area contributed by atoms with Gasteiger partial charge >= 0.3 is 6.18 Å². The molecule has 1 heterocycles. The van der Waals surface area contributed by atoms with Gasteiger partial charge in [-0.1, -0.05) is 60.1 Å². The number of pyridine rings is 1. The van der Waals surface area contributed by atoms with Crippen molar-refractivity contribution >= 4 is 22.4 Å². The van der Waals surface area contributed by atoms with Crippen molar-refractivity contribution in [2.75, 3.05) is 6.61 Å². The van der Waals surface area contributed by atoms with Gasteiger partial charge in [-0.3, -0.25) is 0 Å². The van der Waals surface area contributed by atoms with Crippen molar-refractivity contribution in [1.29, 1.82) is 0 Å². The highest BCUT2D eigenvalue weighted by molar-refractivity contribution is 6.33. The first kappa shape index (κ1) is 23.1. The van der Waals surface area contributed by atoms with Crippen LogP contribution in [0.2, 0.25) is 5.02 Å². The van der Waals surface area contributed by atoms with Crippen molar-refractivity contribution in [3.63, 3.8) is 0 Å². The molecule has 0 aliphatic carbocycles. The number of benzene rings is 3. The predicted molar refractivity (Wildman–Crippen MR) is 125 cm³/mol. The van der Waals surface area contributed by atoms with Gasteiger partial charge in [-0.25, -0.2) is 4.98 Å². The van der Waals surface area contributed by atoms with E-state index < -0.39 is 12.8 Å². The molecule has 0 saturated carbocycles. The van der Waals surface area contributed by atoms with E-state index in [0.29, 0.717) is 17.1 Å². The molecule has 0 saturated heterocycles. The van der Waals surface area contributed by atoms with Crippen LogP contribution in [0.25, 0.3) is 21.9 Å². The van der Waals surface area contributed by atoms with Gasteiger partial charge in [0.05, 0.1) is 0 Å². The highest BCUT2D eigenvalue weighted by Crippen LogP contribution is 2.30. The standard InChI is InChI=1S/C26H22ClF3N2O/c1-17(21-8-4-6-19-5-2-3-7-22(19)21)31-14-18-9-11-24(27)23(13-18)20-10-12-25(32-15-20)33-16-26(28,29)30/h2-13,15,17,31H,14,16H2,1H3. The van der Waals surface area contributed by atoms with Crippen molar-refractivity contribution in [2.24, 2.45) is 0 Å². The molecule has 0 fully saturated rings. The molecule has 1 N–H and O–H groups in total. The molecular weight excluding hydrogens is 449 g/mol. The van der Waals surface area contributed by atoms with Crippen LogP contribution in [0.1, 0.15) is 24.1 Å². The Morgan fingerprint density at radius 1 is 1.00 bits per heavy atom. The van der Waals surface area contributed by atoms with Crippen LogP contribution in [0.4, 0.5) is 13.2 Å². The molecule has 4 rings (SSSR count). The third kappa shape index (κ3) is 5.83. The van der Waals surface area contributed by atoms with E-state index in [0.717, 1.165) is 11.1 Å². The van der Waals surface area contributed by atoms with Crippen molar-refractivity contribution in [2.45, 2.75) is 25.7 Å². The quantitative estimate of drug-likeness (QED) is 0.306. The second-order valence-electron chi connectivity index (χ2n) is 7.77. The summed E-state index contributed by atoms with van der Waals surface area (Å²) in [5, 5.41) is 6.51. The predicted octanol–water partition coefficient (Wildman–Crippen LogP) is 7.35. The molecule has 0 bridgehead atoms. The smallest absolute Gasteiger partial charge is 0.422 e. The molecule has 7 heteroatoms. The van der Waals surface area contributed by atoms with Gasteiger partial charge in [-0.05, 0) is 47.0 Å². The summed E-state index contributed by atoms with van der Waals surface area (Å²) in [4.78, 5) is 3.98. The Kier molecular flexibility index (Phi) is 6.86. The molecule has 0 aliphatic heterocycles. The minimum absolute atomic E-state index is 0.0890. The van der Waals surface area contributed by atoms with Crippen LogP contribution in [-0.2, 0) is 6.54 Å². The first-order chi connectivity index (χ1) is 15.8. The average Bonchev–Trinajstić information content (AvgIpc) is 2.81. The van der Waals surface area contributed by atoms with Crippen molar-refractivity contribution in [3.05, 3.63) is 95.1 Å². The first-order valence-corrected chi connectivity index (χ1v) is 10.8. The van der Waals surface area contributed by atoms with Crippen molar-refractivity contribution in [1.82, 2.24) is 10.3 Å². The number of rotatable bonds is 7. The normalized spacial score (nSPS) is 12.6. The lowest BCUT2D eigenvalue weighted by Crippen LogP contribution is -2.19. The Hall–Kier alpha value is -3.09. The largest absolute Gasteiger partial charge is 0.468 e. The molecule has 33 heavy (non-hydrogen) atoms. The Morgan fingerprint density at radius 3 is 2.55 bits per heavy atom. The van der Waals surface area contributed by atoms with Gasteiger partial charge in [-0.15, -0.1) is 0 Å². The van der Waals surface area contributed by atoms with Crippen LogP contribution in [0.3, 0.4) is 0 Å². The van der Waals surface area contributed by atoms with Gasteiger partial charge in [0.25, 0.3) is 0 Å². The zero-order valence-electron chi connectivity index (χ0n) is 17.9. The zero-order chi connectivity index (χ0) is 23.4. The summed E-state index contributed by atoms with van der Waals surface area (Å²) in [5.74, 6) is -0.0890. The van der Waals surface area contributed by atoms with Gasteiger partial charge in [0, 0.05) is 41.0 Å². The van der Waals surface area contributed by atoms with E-state index in [4.69, 9.17) is 11.6 Å². The minimum Gasteiger partial charge on any atom is -0.468 e. The summed E-state index contributed by atoms with van der Waals surface area (Å²) in [5.41, 5.74) is 3.70. The highest BCUT2D eigenvalue weighted by atomic mass is 35.5. The van der Waals surface area contributed by atoms with Crippen molar-refractivity contribution < 1.29 is 17.9 Å². The summed E-state index contributed by atoms with van der Waals surface area (Å²) in [6.07, 6.45) is -2.95. The Balaban J connectivity index is 1.47. The molecule has 1 aromatic heterocycles. The summed E-state index contributed by atoms with van der Waals surface area (Å²) in [6, 6.07) is 23.5. The Morgan fingerprint density at radius 2 is 1.79 bits per heavy atom. The topological polar surface area (TPSA) is 34.1 Å². The molecule has 170 valence electrons. The number of nitrogens with one attached hydrogen (secondary N) is 1. The summed E-state index contributed by atoms with van der Waals surface area (Å²) in [7, 11) is 0. The van der Waals surface area contributed by atoms with Gasteiger partial charge in [0.15, 0.2) is 6.61 Å². The van der Waals surface area contributed by atoms with Crippen LogP contribution in [0.15, 0.2) is 79.0 Å². The molecule has 1 atom stereocenters. The SMILES string of the molecule is CC(NCc1ccc(Cl)c(-c2ccc(OCC(F)(F)F)nc2)c1)c1cccc2ccccc12. The highest BCUT2D eigenvalue weighted by Gasteiger charge is 2.28. The van der Waals surface area contributed by atoms with Crippen LogP contribution >= 0.6 is 11.6 Å². The van der Waals surface area contributed by atoms with E-state index in [-0.39, 0.29) is 11.9 Å². The molecule has 3 aromatic carbocycles. The van der Waals surface area contributed by atoms with Crippen LogP contribution in [-0.4, -0.2) is 17.8 Å². The van der Waals surface area contributed by atoms with Crippen LogP contribution in [0, 0.1) is 0 Å². The monoisotopic (exact) mass is 470 g/mol.